The highest BCUT2D eigenvalue weighted by atomic mass is 32.2. The second-order valence-corrected chi connectivity index (χ2v) is 8.05. The number of rotatable bonds is 9. The Morgan fingerprint density at radius 2 is 1.93 bits per heavy atom. The van der Waals surface area contributed by atoms with Crippen molar-refractivity contribution < 1.29 is 9.53 Å². The lowest BCUT2D eigenvalue weighted by Crippen LogP contribution is -2.39. The first-order valence-corrected chi connectivity index (χ1v) is 10.9. The Labute approximate surface area is 172 Å². The molecule has 150 valence electrons. The van der Waals surface area contributed by atoms with Crippen LogP contribution in [-0.4, -0.2) is 65.8 Å². The number of amides is 1. The number of thioether (sulfide) groups is 1. The van der Waals surface area contributed by atoms with Gasteiger partial charge in [-0.3, -0.25) is 14.7 Å². The molecule has 3 rings (SSSR count). The average molecular weight is 400 g/mol. The van der Waals surface area contributed by atoms with Crippen LogP contribution in [0.4, 0.5) is 0 Å². The zero-order chi connectivity index (χ0) is 19.6. The van der Waals surface area contributed by atoms with Crippen LogP contribution in [0.5, 0.6) is 0 Å². The van der Waals surface area contributed by atoms with Gasteiger partial charge in [-0.25, -0.2) is 0 Å². The normalized spacial score (nSPS) is 14.8. The van der Waals surface area contributed by atoms with Crippen LogP contribution in [-0.2, 0) is 16.1 Å². The molecule has 1 amide bonds. The third-order valence-electron chi connectivity index (χ3n) is 4.93. The lowest BCUT2D eigenvalue weighted by Gasteiger charge is -2.28. The fraction of sp³-hybridized carbons (Fsp3) is 0.455. The largest absolute Gasteiger partial charge is 0.379 e. The van der Waals surface area contributed by atoms with E-state index >= 15 is 0 Å². The highest BCUT2D eigenvalue weighted by Gasteiger charge is 2.16. The summed E-state index contributed by atoms with van der Waals surface area (Å²) in [5.74, 6) is 0.653. The summed E-state index contributed by atoms with van der Waals surface area (Å²) in [7, 11) is 0. The molecule has 1 aromatic carbocycles. The minimum Gasteiger partial charge on any atom is -0.379 e. The van der Waals surface area contributed by atoms with Crippen molar-refractivity contribution in [3.8, 4) is 0 Å². The van der Waals surface area contributed by atoms with Crippen molar-refractivity contribution in [1.82, 2.24) is 14.8 Å². The molecule has 2 aromatic rings. The van der Waals surface area contributed by atoms with Gasteiger partial charge in [-0.15, -0.1) is 11.8 Å². The third-order valence-corrected chi connectivity index (χ3v) is 6.09. The monoisotopic (exact) mass is 399 g/mol. The van der Waals surface area contributed by atoms with Gasteiger partial charge in [0.05, 0.1) is 19.0 Å². The minimum atomic E-state index is 0.187. The molecule has 0 bridgehead atoms. The number of carbonyl (C=O) groups is 1. The van der Waals surface area contributed by atoms with Gasteiger partial charge in [0.1, 0.15) is 0 Å². The van der Waals surface area contributed by atoms with Gasteiger partial charge in [0.15, 0.2) is 0 Å². The Balaban J connectivity index is 1.56. The van der Waals surface area contributed by atoms with Gasteiger partial charge in [-0.2, -0.15) is 0 Å². The third kappa shape index (κ3) is 6.62. The summed E-state index contributed by atoms with van der Waals surface area (Å²) in [5, 5.41) is 0. The molecule has 5 nitrogen and oxygen atoms in total. The minimum absolute atomic E-state index is 0.187. The van der Waals surface area contributed by atoms with E-state index in [9.17, 15) is 4.79 Å². The van der Waals surface area contributed by atoms with Crippen molar-refractivity contribution >= 4 is 17.7 Å². The second-order valence-electron chi connectivity index (χ2n) is 7.03. The summed E-state index contributed by atoms with van der Waals surface area (Å²) in [4.78, 5) is 22.6. The van der Waals surface area contributed by atoms with Crippen molar-refractivity contribution in [1.29, 1.82) is 0 Å². The van der Waals surface area contributed by atoms with E-state index in [1.165, 1.54) is 10.5 Å². The van der Waals surface area contributed by atoms with Crippen LogP contribution in [0.2, 0.25) is 0 Å². The summed E-state index contributed by atoms with van der Waals surface area (Å²) in [5.41, 5.74) is 2.34. The molecule has 0 N–H and O–H groups in total. The molecule has 0 radical (unpaired) electrons. The predicted octanol–water partition coefficient (Wildman–Crippen LogP) is 3.23. The first-order chi connectivity index (χ1) is 13.7. The van der Waals surface area contributed by atoms with Crippen LogP contribution in [0.3, 0.4) is 0 Å². The smallest absolute Gasteiger partial charge is 0.233 e. The average Bonchev–Trinajstić information content (AvgIpc) is 2.74. The summed E-state index contributed by atoms with van der Waals surface area (Å²) >= 11 is 1.63. The lowest BCUT2D eigenvalue weighted by atomic mass is 10.2. The summed E-state index contributed by atoms with van der Waals surface area (Å²) in [6, 6.07) is 12.2. The Bertz CT molecular complexity index is 736. The molecule has 0 saturated carbocycles. The second kappa shape index (κ2) is 11.2. The van der Waals surface area contributed by atoms with E-state index in [-0.39, 0.29) is 5.91 Å². The van der Waals surface area contributed by atoms with Crippen molar-refractivity contribution in [2.45, 2.75) is 24.8 Å². The van der Waals surface area contributed by atoms with E-state index in [4.69, 9.17) is 4.74 Å². The Hall–Kier alpha value is -1.89. The van der Waals surface area contributed by atoms with Crippen LogP contribution in [0.1, 0.15) is 17.5 Å². The van der Waals surface area contributed by atoms with E-state index in [1.54, 1.807) is 24.2 Å². The highest BCUT2D eigenvalue weighted by molar-refractivity contribution is 8.00. The molecular formula is C22H29N3O2S. The first kappa shape index (κ1) is 20.8. The summed E-state index contributed by atoms with van der Waals surface area (Å²) in [6.45, 7) is 8.10. The van der Waals surface area contributed by atoms with Crippen LogP contribution in [0.15, 0.2) is 53.7 Å². The molecule has 2 heterocycles. The number of benzene rings is 1. The first-order valence-electron chi connectivity index (χ1n) is 9.87. The van der Waals surface area contributed by atoms with Crippen molar-refractivity contribution in [3.63, 3.8) is 0 Å². The van der Waals surface area contributed by atoms with E-state index in [1.807, 2.05) is 29.2 Å². The summed E-state index contributed by atoms with van der Waals surface area (Å²) in [6.07, 6.45) is 4.55. The molecule has 1 aromatic heterocycles. The van der Waals surface area contributed by atoms with Gasteiger partial charge in [-0.1, -0.05) is 18.2 Å². The van der Waals surface area contributed by atoms with Gasteiger partial charge >= 0.3 is 0 Å². The van der Waals surface area contributed by atoms with Crippen LogP contribution >= 0.6 is 11.8 Å². The Kier molecular flexibility index (Phi) is 8.33. The Morgan fingerprint density at radius 3 is 2.68 bits per heavy atom. The van der Waals surface area contributed by atoms with Crippen LogP contribution in [0.25, 0.3) is 0 Å². The number of ether oxygens (including phenoxy) is 1. The Morgan fingerprint density at radius 1 is 1.18 bits per heavy atom. The quantitative estimate of drug-likeness (QED) is 0.606. The molecule has 28 heavy (non-hydrogen) atoms. The van der Waals surface area contributed by atoms with E-state index in [0.717, 1.165) is 51.4 Å². The van der Waals surface area contributed by atoms with E-state index < -0.39 is 0 Å². The maximum absolute atomic E-state index is 13.0. The number of hydrogen-bond donors (Lipinski definition) is 0. The van der Waals surface area contributed by atoms with Crippen LogP contribution < -0.4 is 0 Å². The maximum atomic E-state index is 13.0. The van der Waals surface area contributed by atoms with Gasteiger partial charge in [0.25, 0.3) is 0 Å². The molecule has 0 atom stereocenters. The van der Waals surface area contributed by atoms with Gasteiger partial charge in [0.2, 0.25) is 5.91 Å². The SMILES string of the molecule is Cc1ccccc1SCC(=O)N(CCCN1CCOCC1)Cc1ccncc1. The number of nitrogens with zero attached hydrogens (tertiary/aromatic N) is 3. The van der Waals surface area contributed by atoms with Crippen molar-refractivity contribution in [2.75, 3.05) is 45.1 Å². The van der Waals surface area contributed by atoms with Crippen molar-refractivity contribution in [3.05, 3.63) is 59.9 Å². The van der Waals surface area contributed by atoms with Crippen molar-refractivity contribution in [2.24, 2.45) is 0 Å². The number of carbonyl (C=O) groups excluding carboxylic acids is 1. The number of aryl methyl sites for hydroxylation is 1. The van der Waals surface area contributed by atoms with Crippen LogP contribution in [0, 0.1) is 6.92 Å². The molecule has 0 unspecified atom stereocenters. The zero-order valence-corrected chi connectivity index (χ0v) is 17.4. The molecule has 0 aliphatic carbocycles. The standard InChI is InChI=1S/C22H29N3O2S/c1-19-5-2-3-6-21(19)28-18-22(26)25(17-20-7-9-23-10-8-20)12-4-11-24-13-15-27-16-14-24/h2-3,5-10H,4,11-18H2,1H3. The van der Waals surface area contributed by atoms with Gasteiger partial charge < -0.3 is 9.64 Å². The highest BCUT2D eigenvalue weighted by Crippen LogP contribution is 2.22. The molecule has 6 heteroatoms. The topological polar surface area (TPSA) is 45.7 Å². The fourth-order valence-electron chi connectivity index (χ4n) is 3.26. The number of morpholine rings is 1. The van der Waals surface area contributed by atoms with Gasteiger partial charge in [0, 0.05) is 50.0 Å². The maximum Gasteiger partial charge on any atom is 0.233 e. The molecular weight excluding hydrogens is 370 g/mol. The molecule has 0 spiro atoms. The predicted molar refractivity (Wildman–Crippen MR) is 113 cm³/mol. The van der Waals surface area contributed by atoms with E-state index in [2.05, 4.69) is 28.9 Å². The number of hydrogen-bond acceptors (Lipinski definition) is 5. The zero-order valence-electron chi connectivity index (χ0n) is 16.5. The summed E-state index contributed by atoms with van der Waals surface area (Å²) < 4.78 is 5.41. The molecule has 1 fully saturated rings. The molecule has 1 saturated heterocycles. The fourth-order valence-corrected chi connectivity index (χ4v) is 4.19. The molecule has 1 aliphatic rings. The van der Waals surface area contributed by atoms with E-state index in [0.29, 0.717) is 12.3 Å². The van der Waals surface area contributed by atoms with Gasteiger partial charge in [-0.05, 0) is 42.7 Å². The molecule has 1 aliphatic heterocycles. The lowest BCUT2D eigenvalue weighted by molar-refractivity contribution is -0.129. The number of aromatic nitrogens is 1. The number of pyridine rings is 1.